The Morgan fingerprint density at radius 3 is 2.43 bits per heavy atom. The highest BCUT2D eigenvalue weighted by Gasteiger charge is 2.14. The van der Waals surface area contributed by atoms with Gasteiger partial charge >= 0.3 is 5.97 Å². The van der Waals surface area contributed by atoms with E-state index < -0.39 is 28.3 Å². The van der Waals surface area contributed by atoms with Gasteiger partial charge in [-0.25, -0.2) is 13.2 Å². The van der Waals surface area contributed by atoms with E-state index >= 15 is 0 Å². The summed E-state index contributed by atoms with van der Waals surface area (Å²) in [7, 11) is -3.45. The summed E-state index contributed by atoms with van der Waals surface area (Å²) >= 11 is 5.99. The maximum Gasteiger partial charge on any atom is 0.338 e. The molecule has 0 saturated heterocycles. The summed E-state index contributed by atoms with van der Waals surface area (Å²) in [6, 6.07) is 16.6. The van der Waals surface area contributed by atoms with Crippen molar-refractivity contribution in [2.75, 3.05) is 18.2 Å². The van der Waals surface area contributed by atoms with Crippen LogP contribution in [-0.2, 0) is 19.4 Å². The van der Waals surface area contributed by atoms with Crippen molar-refractivity contribution in [2.45, 2.75) is 4.90 Å². The number of anilines is 1. The number of hydrogen-bond acceptors (Lipinski definition) is 5. The number of fused-ring (bicyclic) bond motifs is 1. The number of hydrogen-bond donors (Lipinski definition) is 1. The average molecular weight is 418 g/mol. The third-order valence-electron chi connectivity index (χ3n) is 3.96. The van der Waals surface area contributed by atoms with Gasteiger partial charge in [0.1, 0.15) is 0 Å². The molecule has 1 N–H and O–H groups in total. The van der Waals surface area contributed by atoms with Gasteiger partial charge in [-0.05, 0) is 41.1 Å². The molecule has 0 radical (unpaired) electrons. The van der Waals surface area contributed by atoms with E-state index in [0.717, 1.165) is 17.0 Å². The zero-order chi connectivity index (χ0) is 20.3. The molecule has 0 aliphatic heterocycles. The lowest BCUT2D eigenvalue weighted by atomic mass is 10.1. The zero-order valence-corrected chi connectivity index (χ0v) is 16.4. The Labute approximate surface area is 167 Å². The molecule has 0 aliphatic rings. The van der Waals surface area contributed by atoms with Gasteiger partial charge in [0.05, 0.1) is 21.2 Å². The Balaban J connectivity index is 1.66. The summed E-state index contributed by atoms with van der Waals surface area (Å²) in [6.07, 6.45) is 1.05. The van der Waals surface area contributed by atoms with E-state index in [1.807, 2.05) is 24.3 Å². The van der Waals surface area contributed by atoms with Crippen LogP contribution in [0.1, 0.15) is 10.4 Å². The summed E-state index contributed by atoms with van der Waals surface area (Å²) in [5.41, 5.74) is 0.444. The van der Waals surface area contributed by atoms with Gasteiger partial charge in [-0.3, -0.25) is 4.79 Å². The van der Waals surface area contributed by atoms with Crippen LogP contribution in [0.3, 0.4) is 0 Å². The lowest BCUT2D eigenvalue weighted by Crippen LogP contribution is -2.21. The van der Waals surface area contributed by atoms with Gasteiger partial charge in [0, 0.05) is 6.26 Å². The number of amides is 1. The molecule has 0 saturated carbocycles. The molecule has 144 valence electrons. The average Bonchev–Trinajstić information content (AvgIpc) is 2.66. The minimum absolute atomic E-state index is 0.0142. The van der Waals surface area contributed by atoms with Crippen molar-refractivity contribution in [2.24, 2.45) is 0 Å². The summed E-state index contributed by atoms with van der Waals surface area (Å²) in [4.78, 5) is 24.3. The number of rotatable bonds is 5. The first-order chi connectivity index (χ1) is 13.2. The lowest BCUT2D eigenvalue weighted by molar-refractivity contribution is -0.119. The van der Waals surface area contributed by atoms with E-state index in [1.165, 1.54) is 18.2 Å². The minimum atomic E-state index is -3.45. The Hall–Kier alpha value is -2.90. The van der Waals surface area contributed by atoms with Crippen molar-refractivity contribution < 1.29 is 22.7 Å². The molecule has 0 bridgehead atoms. The maximum absolute atomic E-state index is 12.2. The van der Waals surface area contributed by atoms with E-state index in [4.69, 9.17) is 16.3 Å². The summed E-state index contributed by atoms with van der Waals surface area (Å²) in [6.45, 7) is -0.537. The van der Waals surface area contributed by atoms with Crippen LogP contribution in [0, 0.1) is 0 Å². The second-order valence-electron chi connectivity index (χ2n) is 6.10. The molecule has 28 heavy (non-hydrogen) atoms. The number of carbonyl (C=O) groups is 2. The van der Waals surface area contributed by atoms with Crippen LogP contribution in [0.4, 0.5) is 5.69 Å². The molecular weight excluding hydrogens is 402 g/mol. The Bertz CT molecular complexity index is 1170. The highest BCUT2D eigenvalue weighted by Crippen LogP contribution is 2.25. The predicted molar refractivity (Wildman–Crippen MR) is 107 cm³/mol. The van der Waals surface area contributed by atoms with Crippen LogP contribution in [0.2, 0.25) is 5.02 Å². The second kappa shape index (κ2) is 8.00. The second-order valence-corrected chi connectivity index (χ2v) is 8.52. The number of halogens is 1. The van der Waals surface area contributed by atoms with Crippen molar-refractivity contribution in [1.29, 1.82) is 0 Å². The van der Waals surface area contributed by atoms with Gasteiger partial charge < -0.3 is 10.1 Å². The molecule has 3 aromatic carbocycles. The van der Waals surface area contributed by atoms with E-state index in [0.29, 0.717) is 5.56 Å². The highest BCUT2D eigenvalue weighted by atomic mass is 35.5. The van der Waals surface area contributed by atoms with Crippen molar-refractivity contribution in [3.8, 4) is 0 Å². The summed E-state index contributed by atoms with van der Waals surface area (Å²) < 4.78 is 28.3. The fraction of sp³-hybridized carbons (Fsp3) is 0.100. The number of carbonyl (C=O) groups excluding carboxylic acids is 2. The minimum Gasteiger partial charge on any atom is -0.452 e. The smallest absolute Gasteiger partial charge is 0.338 e. The largest absolute Gasteiger partial charge is 0.452 e. The SMILES string of the molecule is CS(=O)(=O)c1ccc(Cl)c(NC(=O)COC(=O)c2ccc3ccccc3c2)c1. The molecule has 0 fully saturated rings. The highest BCUT2D eigenvalue weighted by molar-refractivity contribution is 7.90. The van der Waals surface area contributed by atoms with Crippen LogP contribution >= 0.6 is 11.6 Å². The van der Waals surface area contributed by atoms with Crippen molar-refractivity contribution in [3.63, 3.8) is 0 Å². The Morgan fingerprint density at radius 2 is 1.71 bits per heavy atom. The third-order valence-corrected chi connectivity index (χ3v) is 5.40. The molecular formula is C20H16ClNO5S. The van der Waals surface area contributed by atoms with Crippen LogP contribution in [0.25, 0.3) is 10.8 Å². The number of benzene rings is 3. The first-order valence-corrected chi connectivity index (χ1v) is 10.5. The maximum atomic E-state index is 12.2. The van der Waals surface area contributed by atoms with E-state index in [1.54, 1.807) is 18.2 Å². The molecule has 3 aromatic rings. The van der Waals surface area contributed by atoms with Gasteiger partial charge in [-0.15, -0.1) is 0 Å². The topological polar surface area (TPSA) is 89.5 Å². The predicted octanol–water partition coefficient (Wildman–Crippen LogP) is 3.69. The lowest BCUT2D eigenvalue weighted by Gasteiger charge is -2.10. The number of sulfone groups is 1. The molecule has 0 unspecified atom stereocenters. The fourth-order valence-electron chi connectivity index (χ4n) is 2.55. The van der Waals surface area contributed by atoms with Gasteiger partial charge in [-0.1, -0.05) is 41.9 Å². The molecule has 3 rings (SSSR count). The van der Waals surface area contributed by atoms with Crippen LogP contribution in [0.15, 0.2) is 65.6 Å². The van der Waals surface area contributed by atoms with Crippen molar-refractivity contribution >= 4 is 49.8 Å². The van der Waals surface area contributed by atoms with Crippen molar-refractivity contribution in [1.82, 2.24) is 0 Å². The van der Waals surface area contributed by atoms with Crippen LogP contribution in [0.5, 0.6) is 0 Å². The first-order valence-electron chi connectivity index (χ1n) is 8.19. The molecule has 0 aliphatic carbocycles. The number of esters is 1. The summed E-state index contributed by atoms with van der Waals surface area (Å²) in [5, 5.41) is 4.48. The van der Waals surface area contributed by atoms with Gasteiger partial charge in [0.15, 0.2) is 16.4 Å². The van der Waals surface area contributed by atoms with E-state index in [2.05, 4.69) is 5.32 Å². The van der Waals surface area contributed by atoms with E-state index in [-0.39, 0.29) is 15.6 Å². The van der Waals surface area contributed by atoms with E-state index in [9.17, 15) is 18.0 Å². The summed E-state index contributed by atoms with van der Waals surface area (Å²) in [5.74, 6) is -1.28. The monoisotopic (exact) mass is 417 g/mol. The quantitative estimate of drug-likeness (QED) is 0.639. The number of ether oxygens (including phenoxy) is 1. The first kappa shape index (κ1) is 19.9. The molecule has 8 heteroatoms. The zero-order valence-electron chi connectivity index (χ0n) is 14.8. The van der Waals surface area contributed by atoms with Gasteiger partial charge in [0.2, 0.25) is 0 Å². The van der Waals surface area contributed by atoms with Crippen LogP contribution in [-0.4, -0.2) is 33.2 Å². The Morgan fingerprint density at radius 1 is 1.00 bits per heavy atom. The fourth-order valence-corrected chi connectivity index (χ4v) is 3.36. The Kier molecular flexibility index (Phi) is 5.67. The molecule has 0 aromatic heterocycles. The number of nitrogens with one attached hydrogen (secondary N) is 1. The molecule has 6 nitrogen and oxygen atoms in total. The van der Waals surface area contributed by atoms with Gasteiger partial charge in [0.25, 0.3) is 5.91 Å². The van der Waals surface area contributed by atoms with Crippen LogP contribution < -0.4 is 5.32 Å². The molecule has 0 atom stereocenters. The normalized spacial score (nSPS) is 11.2. The third kappa shape index (κ3) is 4.68. The molecule has 0 spiro atoms. The standard InChI is InChI=1S/C20H16ClNO5S/c1-28(25,26)16-8-9-17(21)18(11-16)22-19(23)12-27-20(24)15-7-6-13-4-2-3-5-14(13)10-15/h2-11H,12H2,1H3,(H,22,23). The van der Waals surface area contributed by atoms with Crippen molar-refractivity contribution in [3.05, 3.63) is 71.2 Å². The molecule has 1 amide bonds. The van der Waals surface area contributed by atoms with Gasteiger partial charge in [-0.2, -0.15) is 0 Å². The molecule has 0 heterocycles.